The normalized spacial score (nSPS) is 16.4. The monoisotopic (exact) mass is 310 g/mol. The molecule has 0 atom stereocenters. The van der Waals surface area contributed by atoms with Crippen LogP contribution in [0.1, 0.15) is 52.8 Å². The minimum atomic E-state index is -1.93. The number of aromatic nitrogens is 2. The van der Waals surface area contributed by atoms with E-state index in [2.05, 4.69) is 51.7 Å². The Hall–Kier alpha value is -0.813. The molecule has 0 bridgehead atoms. The van der Waals surface area contributed by atoms with Gasteiger partial charge >= 0.3 is 0 Å². The van der Waals surface area contributed by atoms with Gasteiger partial charge in [-0.15, -0.1) is 21.7 Å². The van der Waals surface area contributed by atoms with Crippen molar-refractivity contribution in [1.29, 1.82) is 0 Å². The van der Waals surface area contributed by atoms with Gasteiger partial charge in [0, 0.05) is 24.1 Å². The molecule has 121 valence electrons. The van der Waals surface area contributed by atoms with E-state index in [1.807, 2.05) is 0 Å². The fraction of sp³-hybridized carbons (Fsp3) is 0.812. The summed E-state index contributed by atoms with van der Waals surface area (Å²) in [5, 5.41) is 7.68. The maximum absolute atomic E-state index is 6.72. The third-order valence-electron chi connectivity index (χ3n) is 4.89. The van der Waals surface area contributed by atoms with Crippen LogP contribution in [0, 0.1) is 0 Å². The quantitative estimate of drug-likeness (QED) is 0.834. The molecule has 0 amide bonds. The molecule has 1 aliphatic rings. The third-order valence-corrected chi connectivity index (χ3v) is 10.8. The second-order valence-electron chi connectivity index (χ2n) is 7.02. The highest BCUT2D eigenvalue weighted by atomic mass is 28.4. The van der Waals surface area contributed by atoms with E-state index < -0.39 is 8.32 Å². The smallest absolute Gasteiger partial charge is 0.192 e. The summed E-state index contributed by atoms with van der Waals surface area (Å²) in [4.78, 5) is 0. The van der Waals surface area contributed by atoms with Crippen molar-refractivity contribution in [2.45, 2.75) is 71.0 Å². The molecular weight excluding hydrogens is 280 g/mol. The van der Waals surface area contributed by atoms with Gasteiger partial charge in [0.2, 0.25) is 0 Å². The average molecular weight is 311 g/mol. The molecule has 2 heterocycles. The van der Waals surface area contributed by atoms with E-state index >= 15 is 0 Å². The number of fused-ring (bicyclic) bond motifs is 1. The van der Waals surface area contributed by atoms with Gasteiger partial charge in [-0.2, -0.15) is 0 Å². The topological polar surface area (TPSA) is 47.1 Å². The number of rotatable bonds is 5. The maximum Gasteiger partial charge on any atom is 0.192 e. The first kappa shape index (κ1) is 16.6. The zero-order valence-corrected chi connectivity index (χ0v) is 15.3. The first-order valence-corrected chi connectivity index (χ1v) is 10.4. The molecular formula is C16H30N2O2Si-. The largest absolute Gasteiger partial charge is 0.674 e. The summed E-state index contributed by atoms with van der Waals surface area (Å²) >= 11 is 0. The third kappa shape index (κ3) is 3.04. The van der Waals surface area contributed by atoms with Gasteiger partial charge in [-0.05, 0) is 0 Å². The molecule has 0 saturated carbocycles. The summed E-state index contributed by atoms with van der Waals surface area (Å²) < 4.78 is 12.3. The maximum atomic E-state index is 6.72. The molecule has 5 heteroatoms. The highest BCUT2D eigenvalue weighted by molar-refractivity contribution is 6.78. The van der Waals surface area contributed by atoms with Crippen LogP contribution in [0.5, 0.6) is 5.88 Å². The van der Waals surface area contributed by atoms with Gasteiger partial charge in [-0.3, -0.25) is 5.10 Å². The lowest BCUT2D eigenvalue weighted by atomic mass is 10.1. The van der Waals surface area contributed by atoms with Crippen molar-refractivity contribution >= 4 is 8.32 Å². The summed E-state index contributed by atoms with van der Waals surface area (Å²) in [5.41, 5.74) is 4.12. The number of nitrogens with zero attached hydrogens (tertiary/aromatic N) is 1. The van der Waals surface area contributed by atoms with Crippen LogP contribution in [0.4, 0.5) is 0 Å². The predicted octanol–water partition coefficient (Wildman–Crippen LogP) is 4.08. The van der Waals surface area contributed by atoms with Crippen molar-refractivity contribution in [2.24, 2.45) is 0 Å². The Kier molecular flexibility index (Phi) is 5.14. The highest BCUT2D eigenvalue weighted by Crippen LogP contribution is 2.43. The molecule has 1 aliphatic heterocycles. The number of hydrogen-bond acceptors (Lipinski definition) is 3. The van der Waals surface area contributed by atoms with Crippen LogP contribution in [0.3, 0.4) is 0 Å². The van der Waals surface area contributed by atoms with Gasteiger partial charge in [0.15, 0.2) is 5.88 Å². The minimum Gasteiger partial charge on any atom is -0.674 e. The molecule has 1 aromatic rings. The predicted molar refractivity (Wildman–Crippen MR) is 88.5 cm³/mol. The van der Waals surface area contributed by atoms with E-state index in [-0.39, 0.29) is 0 Å². The van der Waals surface area contributed by atoms with Crippen LogP contribution in [0.25, 0.3) is 0 Å². The van der Waals surface area contributed by atoms with Crippen LogP contribution in [0.2, 0.25) is 16.6 Å². The summed E-state index contributed by atoms with van der Waals surface area (Å²) in [6, 6.07) is 0. The molecule has 0 spiro atoms. The molecule has 0 fully saturated rings. The first-order valence-electron chi connectivity index (χ1n) is 8.22. The molecule has 0 unspecified atom stereocenters. The molecule has 0 aliphatic carbocycles. The number of aromatic amines is 1. The van der Waals surface area contributed by atoms with Gasteiger partial charge in [-0.1, -0.05) is 41.5 Å². The summed E-state index contributed by atoms with van der Waals surface area (Å²) in [5.74, 6) is 0.846. The van der Waals surface area contributed by atoms with Crippen LogP contribution < -0.4 is 4.43 Å². The summed E-state index contributed by atoms with van der Waals surface area (Å²) in [7, 11) is -1.93. The molecule has 0 aromatic carbocycles. The zero-order chi connectivity index (χ0) is 15.6. The van der Waals surface area contributed by atoms with Crippen molar-refractivity contribution in [3.63, 3.8) is 0 Å². The van der Waals surface area contributed by atoms with Gasteiger partial charge in [0.1, 0.15) is 0 Å². The fourth-order valence-electron chi connectivity index (χ4n) is 3.90. The number of nitrogens with one attached hydrogen (secondary N) is 1. The van der Waals surface area contributed by atoms with E-state index in [1.165, 1.54) is 11.3 Å². The fourth-order valence-corrected chi connectivity index (χ4v) is 9.11. The van der Waals surface area contributed by atoms with E-state index in [0.29, 0.717) is 16.6 Å². The van der Waals surface area contributed by atoms with Crippen molar-refractivity contribution < 1.29 is 9.16 Å². The SMILES string of the molecule is CC(C)[Si-](Oc1n[nH]c2c1CCOCC2)(C(C)C)C(C)C. The molecule has 1 N–H and O–H groups in total. The molecule has 0 saturated heterocycles. The number of hydrogen-bond donors (Lipinski definition) is 1. The van der Waals surface area contributed by atoms with Crippen molar-refractivity contribution in [3.05, 3.63) is 11.3 Å². The zero-order valence-electron chi connectivity index (χ0n) is 14.3. The Labute approximate surface area is 129 Å². The first-order chi connectivity index (χ1) is 9.89. The highest BCUT2D eigenvalue weighted by Gasteiger charge is 2.35. The standard InChI is InChI=1S/C16H30N2O2Si/c1-11(2)21(12(3)4,13(5)6)20-16-14-7-9-19-10-8-15(14)17-18-16/h11-13H,7-10H2,1-6H3,(H,17,18)/q-1. The van der Waals surface area contributed by atoms with E-state index in [4.69, 9.17) is 9.16 Å². The number of ether oxygens (including phenoxy) is 1. The Morgan fingerprint density at radius 3 is 2.14 bits per heavy atom. The lowest BCUT2D eigenvalue weighted by Crippen LogP contribution is -2.51. The van der Waals surface area contributed by atoms with Crippen LogP contribution in [0.15, 0.2) is 0 Å². The van der Waals surface area contributed by atoms with E-state index in [9.17, 15) is 0 Å². The van der Waals surface area contributed by atoms with Gasteiger partial charge in [0.05, 0.1) is 21.5 Å². The molecule has 1 aromatic heterocycles. The molecule has 21 heavy (non-hydrogen) atoms. The van der Waals surface area contributed by atoms with E-state index in [1.54, 1.807) is 0 Å². The Balaban J connectivity index is 2.35. The lowest BCUT2D eigenvalue weighted by Gasteiger charge is -2.54. The van der Waals surface area contributed by atoms with E-state index in [0.717, 1.165) is 31.9 Å². The molecule has 4 nitrogen and oxygen atoms in total. The van der Waals surface area contributed by atoms with Crippen molar-refractivity contribution in [3.8, 4) is 5.88 Å². The Morgan fingerprint density at radius 2 is 1.57 bits per heavy atom. The van der Waals surface area contributed by atoms with Crippen LogP contribution in [-0.2, 0) is 17.6 Å². The molecule has 0 radical (unpaired) electrons. The lowest BCUT2D eigenvalue weighted by molar-refractivity contribution is 0.145. The Bertz CT molecular complexity index is 447. The second-order valence-corrected chi connectivity index (χ2v) is 12.4. The second kappa shape index (κ2) is 6.52. The van der Waals surface area contributed by atoms with Crippen LogP contribution in [-0.4, -0.2) is 31.7 Å². The van der Waals surface area contributed by atoms with Crippen LogP contribution >= 0.6 is 0 Å². The average Bonchev–Trinajstić information content (AvgIpc) is 2.62. The summed E-state index contributed by atoms with van der Waals surface area (Å²) in [6.07, 6.45) is 1.81. The van der Waals surface area contributed by atoms with Gasteiger partial charge in [-0.25, -0.2) is 0 Å². The minimum absolute atomic E-state index is 0.562. The van der Waals surface area contributed by atoms with Crippen molar-refractivity contribution in [1.82, 2.24) is 10.2 Å². The van der Waals surface area contributed by atoms with Crippen molar-refractivity contribution in [2.75, 3.05) is 13.2 Å². The van der Waals surface area contributed by atoms with Gasteiger partial charge in [0.25, 0.3) is 0 Å². The number of H-pyrrole nitrogens is 1. The molecule has 2 rings (SSSR count). The summed E-state index contributed by atoms with van der Waals surface area (Å²) in [6.45, 7) is 15.4. The Morgan fingerprint density at radius 1 is 1.00 bits per heavy atom. The van der Waals surface area contributed by atoms with Gasteiger partial charge < -0.3 is 9.16 Å².